The van der Waals surface area contributed by atoms with E-state index in [1.807, 2.05) is 51.1 Å². The van der Waals surface area contributed by atoms with Crippen LogP contribution in [0.3, 0.4) is 0 Å². The van der Waals surface area contributed by atoms with Crippen molar-refractivity contribution in [2.24, 2.45) is 11.8 Å². The Morgan fingerprint density at radius 2 is 1.91 bits per heavy atom. The molecule has 2 bridgehead atoms. The molecule has 10 nitrogen and oxygen atoms in total. The molecule has 0 aliphatic carbocycles. The molecule has 11 heteroatoms. The minimum absolute atomic E-state index is 0.0678. The lowest BCUT2D eigenvalue weighted by Crippen LogP contribution is -2.58. The minimum atomic E-state index is -1.28. The molecule has 4 rings (SSSR count). The molecule has 1 aromatic carbocycles. The van der Waals surface area contributed by atoms with E-state index >= 15 is 0 Å². The largest absolute Gasteiger partial charge is 0.455 e. The molecule has 3 saturated heterocycles. The molecule has 0 radical (unpaired) electrons. The van der Waals surface area contributed by atoms with Crippen molar-refractivity contribution in [1.82, 2.24) is 14.7 Å². The zero-order valence-electron chi connectivity index (χ0n) is 27.3. The molecule has 0 saturated carbocycles. The van der Waals surface area contributed by atoms with Gasteiger partial charge in [0.05, 0.1) is 30.6 Å². The van der Waals surface area contributed by atoms with Crippen molar-refractivity contribution in [2.45, 2.75) is 93.6 Å². The van der Waals surface area contributed by atoms with Crippen molar-refractivity contribution in [3.05, 3.63) is 61.2 Å². The first-order valence-electron chi connectivity index (χ1n) is 16.3. The molecule has 46 heavy (non-hydrogen) atoms. The number of allylic oxidation sites excluding steroid dienone is 1. The second-order valence-corrected chi connectivity index (χ2v) is 13.9. The number of β-amino-alcohol motifs (C(OH)–C–C–N with tert-alkyl or cyclic N) is 1. The van der Waals surface area contributed by atoms with E-state index in [0.29, 0.717) is 24.9 Å². The zero-order valence-corrected chi connectivity index (χ0v) is 28.9. The van der Waals surface area contributed by atoms with Crippen molar-refractivity contribution >= 4 is 39.6 Å². The van der Waals surface area contributed by atoms with Crippen molar-refractivity contribution in [3.8, 4) is 0 Å². The summed E-state index contributed by atoms with van der Waals surface area (Å²) in [5.74, 6) is -3.38. The maximum atomic E-state index is 14.4. The molecule has 3 aliphatic heterocycles. The number of aliphatic hydroxyl groups excluding tert-OH is 1. The van der Waals surface area contributed by atoms with Gasteiger partial charge in [0.1, 0.15) is 17.7 Å². The van der Waals surface area contributed by atoms with E-state index in [4.69, 9.17) is 9.47 Å². The number of benzene rings is 1. The van der Waals surface area contributed by atoms with Crippen molar-refractivity contribution in [1.29, 1.82) is 0 Å². The number of carbonyl (C=O) groups excluding carboxylic acids is 4. The molecule has 3 fully saturated rings. The number of hydrogen-bond acceptors (Lipinski definition) is 7. The highest BCUT2D eigenvalue weighted by molar-refractivity contribution is 9.09. The van der Waals surface area contributed by atoms with E-state index in [2.05, 4.69) is 29.1 Å². The SMILES string of the molecule is C=CCCC(=O)N(C)[C@H](C)[C@H](OC(=O)[C@H]1[C@@H]2O[C@@]3(CC2Br)[C@@H]1C(=O)N(CCO)[C@@H]3C(=O)N(CC=C)C(C)CCC)c1ccccc1. The van der Waals surface area contributed by atoms with Gasteiger partial charge in [-0.2, -0.15) is 0 Å². The average molecular weight is 703 g/mol. The van der Waals surface area contributed by atoms with Gasteiger partial charge in [0.15, 0.2) is 0 Å². The average Bonchev–Trinajstić information content (AvgIpc) is 3.64. The number of likely N-dealkylation sites (N-methyl/N-ethyl adjacent to an activating group) is 1. The van der Waals surface area contributed by atoms with Crippen LogP contribution in [0.2, 0.25) is 0 Å². The molecule has 9 atom stereocenters. The number of carbonyl (C=O) groups is 4. The quantitative estimate of drug-likeness (QED) is 0.157. The van der Waals surface area contributed by atoms with E-state index in [-0.39, 0.29) is 42.3 Å². The molecular formula is C35H48BrN3O7. The molecule has 1 aromatic rings. The van der Waals surface area contributed by atoms with Crippen LogP contribution in [0.25, 0.3) is 0 Å². The summed E-state index contributed by atoms with van der Waals surface area (Å²) in [6.07, 6.45) is 4.60. The molecule has 1 spiro atoms. The zero-order chi connectivity index (χ0) is 33.8. The molecule has 0 aromatic heterocycles. The first-order chi connectivity index (χ1) is 22.0. The molecular weight excluding hydrogens is 654 g/mol. The van der Waals surface area contributed by atoms with Crippen LogP contribution in [-0.2, 0) is 28.7 Å². The van der Waals surface area contributed by atoms with Crippen LogP contribution in [0.15, 0.2) is 55.6 Å². The van der Waals surface area contributed by atoms with Crippen LogP contribution in [0.5, 0.6) is 0 Å². The Kier molecular flexibility index (Phi) is 11.9. The molecule has 3 heterocycles. The fraction of sp³-hybridized carbons (Fsp3) is 0.600. The first kappa shape index (κ1) is 35.8. The Balaban J connectivity index is 1.70. The summed E-state index contributed by atoms with van der Waals surface area (Å²) in [4.78, 5) is 60.3. The molecule has 2 unspecified atom stereocenters. The third kappa shape index (κ3) is 6.55. The number of ether oxygens (including phenoxy) is 2. The summed E-state index contributed by atoms with van der Waals surface area (Å²) in [5.41, 5.74) is -0.568. The van der Waals surface area contributed by atoms with E-state index in [0.717, 1.165) is 12.8 Å². The number of alkyl halides is 1. The predicted molar refractivity (Wildman–Crippen MR) is 178 cm³/mol. The summed E-state index contributed by atoms with van der Waals surface area (Å²) in [6.45, 7) is 13.3. The molecule has 1 N–H and O–H groups in total. The maximum Gasteiger partial charge on any atom is 0.313 e. The van der Waals surface area contributed by atoms with Crippen molar-refractivity contribution in [3.63, 3.8) is 0 Å². The topological polar surface area (TPSA) is 117 Å². The van der Waals surface area contributed by atoms with Gasteiger partial charge in [-0.15, -0.1) is 13.2 Å². The second-order valence-electron chi connectivity index (χ2n) is 12.7. The third-order valence-electron chi connectivity index (χ3n) is 9.86. The highest BCUT2D eigenvalue weighted by Crippen LogP contribution is 2.60. The van der Waals surface area contributed by atoms with Crippen LogP contribution < -0.4 is 0 Å². The van der Waals surface area contributed by atoms with E-state index in [9.17, 15) is 24.3 Å². The van der Waals surface area contributed by atoms with E-state index < -0.39 is 53.6 Å². The Labute approximate surface area is 280 Å². The number of nitrogens with zero attached hydrogens (tertiary/aromatic N) is 3. The molecule has 3 aliphatic rings. The summed E-state index contributed by atoms with van der Waals surface area (Å²) in [6, 6.07) is 7.56. The van der Waals surface area contributed by atoms with Crippen LogP contribution in [-0.4, -0.2) is 105 Å². The number of rotatable bonds is 16. The van der Waals surface area contributed by atoms with Gasteiger partial charge in [-0.25, -0.2) is 0 Å². The van der Waals surface area contributed by atoms with Crippen LogP contribution in [0.1, 0.15) is 64.5 Å². The van der Waals surface area contributed by atoms with Crippen LogP contribution in [0.4, 0.5) is 0 Å². The third-order valence-corrected chi connectivity index (χ3v) is 10.7. The number of likely N-dealkylation sites (tertiary alicyclic amines) is 1. The van der Waals surface area contributed by atoms with Gasteiger partial charge in [-0.1, -0.05) is 71.8 Å². The Morgan fingerprint density at radius 1 is 1.22 bits per heavy atom. The standard InChI is InChI=1S/C35H48BrN3O7/c1-7-10-17-26(41)37(6)23(5)29(24-15-12-11-13-16-24)45-34(44)27-28-32(42)39(19-20-40)31(35(28)21-25(36)30(27)46-35)33(43)38(18-9-3)22(4)14-8-2/h7,9,11-13,15-16,22-23,25,27-31,40H,1,3,8,10,14,17-21H2,2,4-6H3/t22?,23-,25?,27-,28+,29+,30-,31-,35+/m1/s1. The fourth-order valence-corrected chi connectivity index (χ4v) is 8.45. The van der Waals surface area contributed by atoms with Gasteiger partial charge in [0.25, 0.3) is 0 Å². The second kappa shape index (κ2) is 15.3. The summed E-state index contributed by atoms with van der Waals surface area (Å²) in [7, 11) is 1.68. The summed E-state index contributed by atoms with van der Waals surface area (Å²) in [5, 5.41) is 9.98. The Bertz CT molecular complexity index is 1290. The number of halogens is 1. The lowest BCUT2D eigenvalue weighted by atomic mass is 9.70. The number of hydrogen-bond donors (Lipinski definition) is 1. The summed E-state index contributed by atoms with van der Waals surface area (Å²) >= 11 is 3.70. The van der Waals surface area contributed by atoms with Crippen LogP contribution in [0, 0.1) is 11.8 Å². The summed E-state index contributed by atoms with van der Waals surface area (Å²) < 4.78 is 12.9. The van der Waals surface area contributed by atoms with Gasteiger partial charge in [0, 0.05) is 37.4 Å². The monoisotopic (exact) mass is 701 g/mol. The van der Waals surface area contributed by atoms with Gasteiger partial charge >= 0.3 is 5.97 Å². The fourth-order valence-electron chi connectivity index (χ4n) is 7.51. The van der Waals surface area contributed by atoms with E-state index in [1.54, 1.807) is 29.0 Å². The highest BCUT2D eigenvalue weighted by Gasteiger charge is 2.77. The highest BCUT2D eigenvalue weighted by atomic mass is 79.9. The molecule has 252 valence electrons. The normalized spacial score (nSPS) is 28.3. The minimum Gasteiger partial charge on any atom is -0.455 e. The number of esters is 1. The first-order valence-corrected chi connectivity index (χ1v) is 17.2. The number of aliphatic hydroxyl groups is 1. The van der Waals surface area contributed by atoms with Crippen molar-refractivity contribution < 1.29 is 33.8 Å². The van der Waals surface area contributed by atoms with Gasteiger partial charge in [0.2, 0.25) is 17.7 Å². The maximum absolute atomic E-state index is 14.4. The molecule has 3 amide bonds. The lowest BCUT2D eigenvalue weighted by Gasteiger charge is -2.39. The Hall–Kier alpha value is -3.02. The smallest absolute Gasteiger partial charge is 0.313 e. The van der Waals surface area contributed by atoms with Gasteiger partial charge in [-0.05, 0) is 38.7 Å². The van der Waals surface area contributed by atoms with Gasteiger partial charge < -0.3 is 29.3 Å². The van der Waals surface area contributed by atoms with Crippen molar-refractivity contribution in [2.75, 3.05) is 26.7 Å². The number of amides is 3. The van der Waals surface area contributed by atoms with Gasteiger partial charge in [-0.3, -0.25) is 19.2 Å². The Morgan fingerprint density at radius 3 is 2.52 bits per heavy atom. The van der Waals surface area contributed by atoms with Crippen LogP contribution >= 0.6 is 15.9 Å². The lowest BCUT2D eigenvalue weighted by molar-refractivity contribution is -0.164. The van der Waals surface area contributed by atoms with E-state index in [1.165, 1.54) is 4.90 Å². The predicted octanol–water partition coefficient (Wildman–Crippen LogP) is 4.03. The number of fused-ring (bicyclic) bond motifs is 1.